The predicted molar refractivity (Wildman–Crippen MR) is 88.3 cm³/mol. The van der Waals surface area contributed by atoms with Crippen molar-refractivity contribution in [1.29, 1.82) is 0 Å². The predicted octanol–water partition coefficient (Wildman–Crippen LogP) is 1.65. The van der Waals surface area contributed by atoms with Crippen molar-refractivity contribution in [3.05, 3.63) is 23.7 Å². The fourth-order valence-electron chi connectivity index (χ4n) is 2.66. The maximum atomic E-state index is 12.3. The monoisotopic (exact) mass is 321 g/mol. The van der Waals surface area contributed by atoms with E-state index >= 15 is 0 Å². The summed E-state index contributed by atoms with van der Waals surface area (Å²) in [4.78, 5) is 28.5. The zero-order valence-corrected chi connectivity index (χ0v) is 14.7. The van der Waals surface area contributed by atoms with E-state index in [0.29, 0.717) is 31.9 Å². The molecule has 1 fully saturated rings. The van der Waals surface area contributed by atoms with E-state index in [0.717, 1.165) is 5.76 Å². The van der Waals surface area contributed by atoms with Gasteiger partial charge in [0.15, 0.2) is 5.76 Å². The molecule has 6 heteroatoms. The number of aryl methyl sites for hydroxylation is 1. The summed E-state index contributed by atoms with van der Waals surface area (Å²) in [5, 5.41) is 3.00. The Balaban J connectivity index is 1.88. The van der Waals surface area contributed by atoms with Crippen LogP contribution in [0, 0.1) is 6.92 Å². The molecule has 0 radical (unpaired) electrons. The van der Waals surface area contributed by atoms with Crippen molar-refractivity contribution in [2.45, 2.75) is 46.2 Å². The minimum atomic E-state index is -0.236. The Bertz CT molecular complexity index is 566. The molecule has 2 rings (SSSR count). The third-order valence-electron chi connectivity index (χ3n) is 3.98. The second kappa shape index (κ2) is 6.74. The second-order valence-corrected chi connectivity index (χ2v) is 7.15. The molecule has 6 nitrogen and oxygen atoms in total. The lowest BCUT2D eigenvalue weighted by Gasteiger charge is -2.38. The van der Waals surface area contributed by atoms with Crippen LogP contribution in [0.5, 0.6) is 0 Å². The summed E-state index contributed by atoms with van der Waals surface area (Å²) in [7, 11) is 0. The van der Waals surface area contributed by atoms with Crippen LogP contribution in [0.1, 0.15) is 44.0 Å². The van der Waals surface area contributed by atoms with E-state index in [1.54, 1.807) is 17.0 Å². The van der Waals surface area contributed by atoms with Crippen LogP contribution in [0.15, 0.2) is 16.5 Å². The number of amides is 2. The number of rotatable bonds is 3. The van der Waals surface area contributed by atoms with E-state index in [-0.39, 0.29) is 23.4 Å². The summed E-state index contributed by atoms with van der Waals surface area (Å²) in [6, 6.07) is 3.31. The number of hydrogen-bond acceptors (Lipinski definition) is 4. The van der Waals surface area contributed by atoms with Gasteiger partial charge in [-0.3, -0.25) is 14.5 Å². The van der Waals surface area contributed by atoms with Gasteiger partial charge in [-0.2, -0.15) is 0 Å². The normalized spacial score (nSPS) is 17.9. The molecule has 1 aliphatic rings. The van der Waals surface area contributed by atoms with Gasteiger partial charge in [0.05, 0.1) is 6.04 Å². The Morgan fingerprint density at radius 2 is 1.78 bits per heavy atom. The number of nitrogens with zero attached hydrogens (tertiary/aromatic N) is 2. The Labute approximate surface area is 137 Å². The molecule has 0 aliphatic carbocycles. The first-order valence-electron chi connectivity index (χ1n) is 8.09. The van der Waals surface area contributed by atoms with Gasteiger partial charge in [-0.15, -0.1) is 0 Å². The van der Waals surface area contributed by atoms with Crippen LogP contribution >= 0.6 is 0 Å². The lowest BCUT2D eigenvalue weighted by Crippen LogP contribution is -2.56. The molecule has 2 heterocycles. The van der Waals surface area contributed by atoms with Crippen LogP contribution < -0.4 is 5.32 Å². The number of nitrogens with one attached hydrogen (secondary N) is 1. The second-order valence-electron chi connectivity index (χ2n) is 7.15. The molecule has 1 aromatic rings. The Morgan fingerprint density at radius 1 is 1.17 bits per heavy atom. The molecule has 23 heavy (non-hydrogen) atoms. The van der Waals surface area contributed by atoms with Gasteiger partial charge in [0.1, 0.15) is 5.76 Å². The van der Waals surface area contributed by atoms with Crippen LogP contribution in [0.3, 0.4) is 0 Å². The minimum Gasteiger partial charge on any atom is -0.456 e. The molecule has 1 N–H and O–H groups in total. The lowest BCUT2D eigenvalue weighted by molar-refractivity contribution is -0.127. The summed E-state index contributed by atoms with van der Waals surface area (Å²) in [6.45, 7) is 12.2. The number of carbonyl (C=O) groups is 2. The van der Waals surface area contributed by atoms with Crippen molar-refractivity contribution >= 4 is 11.8 Å². The molecule has 0 aromatic carbocycles. The first kappa shape index (κ1) is 17.5. The van der Waals surface area contributed by atoms with Crippen LogP contribution in [0.2, 0.25) is 0 Å². The van der Waals surface area contributed by atoms with E-state index in [9.17, 15) is 9.59 Å². The quantitative estimate of drug-likeness (QED) is 0.919. The smallest absolute Gasteiger partial charge is 0.289 e. The van der Waals surface area contributed by atoms with E-state index in [2.05, 4.69) is 10.2 Å². The van der Waals surface area contributed by atoms with Gasteiger partial charge in [-0.25, -0.2) is 0 Å². The summed E-state index contributed by atoms with van der Waals surface area (Å²) >= 11 is 0. The van der Waals surface area contributed by atoms with Crippen LogP contribution in [-0.2, 0) is 4.79 Å². The van der Waals surface area contributed by atoms with E-state index in [1.165, 1.54) is 0 Å². The summed E-state index contributed by atoms with van der Waals surface area (Å²) in [6.07, 6.45) is 0. The number of carbonyl (C=O) groups excluding carboxylic acids is 2. The molecule has 1 atom stereocenters. The molecule has 128 valence electrons. The number of hydrogen-bond donors (Lipinski definition) is 1. The first-order valence-corrected chi connectivity index (χ1v) is 8.09. The van der Waals surface area contributed by atoms with Crippen molar-refractivity contribution < 1.29 is 14.0 Å². The third kappa shape index (κ3) is 4.58. The van der Waals surface area contributed by atoms with Gasteiger partial charge >= 0.3 is 0 Å². The summed E-state index contributed by atoms with van der Waals surface area (Å²) < 4.78 is 5.40. The highest BCUT2D eigenvalue weighted by atomic mass is 16.3. The highest BCUT2D eigenvalue weighted by Crippen LogP contribution is 2.13. The standard InChI is InChI=1S/C17H27N3O3/c1-12-6-7-14(23-12)16(22)20-10-8-19(9-11-20)13(2)15(21)18-17(3,4)5/h6-7,13H,8-11H2,1-5H3,(H,18,21)/t13-/m0/s1. The minimum absolute atomic E-state index is 0.0268. The molecular formula is C17H27N3O3. The first-order chi connectivity index (χ1) is 10.7. The lowest BCUT2D eigenvalue weighted by atomic mass is 10.1. The molecular weight excluding hydrogens is 294 g/mol. The van der Waals surface area contributed by atoms with Crippen LogP contribution in [-0.4, -0.2) is 59.4 Å². The molecule has 1 aromatic heterocycles. The van der Waals surface area contributed by atoms with E-state index in [1.807, 2.05) is 34.6 Å². The molecule has 0 unspecified atom stereocenters. The Morgan fingerprint density at radius 3 is 2.26 bits per heavy atom. The fourth-order valence-corrected chi connectivity index (χ4v) is 2.66. The molecule has 1 aliphatic heterocycles. The maximum absolute atomic E-state index is 12.3. The van der Waals surface area contributed by atoms with E-state index in [4.69, 9.17) is 4.42 Å². The SMILES string of the molecule is Cc1ccc(C(=O)N2CCN([C@@H](C)C(=O)NC(C)(C)C)CC2)o1. The Kier molecular flexibility index (Phi) is 5.14. The molecule has 0 saturated carbocycles. The third-order valence-corrected chi connectivity index (χ3v) is 3.98. The average Bonchev–Trinajstić information content (AvgIpc) is 2.90. The molecule has 2 amide bonds. The Hall–Kier alpha value is -1.82. The van der Waals surface area contributed by atoms with Crippen molar-refractivity contribution in [3.63, 3.8) is 0 Å². The zero-order chi connectivity index (χ0) is 17.2. The van der Waals surface area contributed by atoms with Gasteiger partial charge in [0.25, 0.3) is 5.91 Å². The van der Waals surface area contributed by atoms with Crippen molar-refractivity contribution in [2.24, 2.45) is 0 Å². The highest BCUT2D eigenvalue weighted by molar-refractivity contribution is 5.91. The van der Waals surface area contributed by atoms with Gasteiger partial charge in [-0.1, -0.05) is 0 Å². The summed E-state index contributed by atoms with van der Waals surface area (Å²) in [5.74, 6) is 1.07. The highest BCUT2D eigenvalue weighted by Gasteiger charge is 2.30. The van der Waals surface area contributed by atoms with Gasteiger partial charge in [-0.05, 0) is 46.8 Å². The molecule has 0 spiro atoms. The zero-order valence-electron chi connectivity index (χ0n) is 14.7. The van der Waals surface area contributed by atoms with Gasteiger partial charge in [0.2, 0.25) is 5.91 Å². The van der Waals surface area contributed by atoms with Gasteiger partial charge in [0, 0.05) is 31.7 Å². The van der Waals surface area contributed by atoms with Crippen LogP contribution in [0.25, 0.3) is 0 Å². The largest absolute Gasteiger partial charge is 0.456 e. The fraction of sp³-hybridized carbons (Fsp3) is 0.647. The van der Waals surface area contributed by atoms with Crippen molar-refractivity contribution in [3.8, 4) is 0 Å². The topological polar surface area (TPSA) is 65.8 Å². The number of piperazine rings is 1. The average molecular weight is 321 g/mol. The van der Waals surface area contributed by atoms with Crippen LogP contribution in [0.4, 0.5) is 0 Å². The number of furan rings is 1. The summed E-state index contributed by atoms with van der Waals surface area (Å²) in [5.41, 5.74) is -0.236. The van der Waals surface area contributed by atoms with Crippen molar-refractivity contribution in [2.75, 3.05) is 26.2 Å². The maximum Gasteiger partial charge on any atom is 0.289 e. The van der Waals surface area contributed by atoms with E-state index < -0.39 is 0 Å². The molecule has 0 bridgehead atoms. The van der Waals surface area contributed by atoms with Crippen molar-refractivity contribution in [1.82, 2.24) is 15.1 Å². The molecule has 1 saturated heterocycles. The van der Waals surface area contributed by atoms with Gasteiger partial charge < -0.3 is 14.6 Å².